The quantitative estimate of drug-likeness (QED) is 0.649. The van der Waals surface area contributed by atoms with Gasteiger partial charge >= 0.3 is 6.09 Å². The first-order valence-corrected chi connectivity index (χ1v) is 7.05. The van der Waals surface area contributed by atoms with Crippen molar-refractivity contribution in [1.29, 1.82) is 0 Å². The molecule has 1 unspecified atom stereocenters. The molecule has 0 aliphatic heterocycles. The highest BCUT2D eigenvalue weighted by atomic mass is 79.9. The molecule has 0 saturated heterocycles. The number of halogens is 1. The maximum atomic E-state index is 11.7. The van der Waals surface area contributed by atoms with Crippen molar-refractivity contribution >= 4 is 27.7 Å². The van der Waals surface area contributed by atoms with Crippen molar-refractivity contribution in [3.63, 3.8) is 0 Å². The molecule has 1 amide bonds. The fourth-order valence-corrected chi connectivity index (χ4v) is 1.92. The predicted molar refractivity (Wildman–Crippen MR) is 80.1 cm³/mol. The van der Waals surface area contributed by atoms with Gasteiger partial charge in [-0.05, 0) is 44.9 Å². The lowest BCUT2D eigenvalue weighted by Crippen LogP contribution is -2.27. The number of hydrogen-bond donors (Lipinski definition) is 2. The van der Waals surface area contributed by atoms with Crippen molar-refractivity contribution < 1.29 is 14.6 Å². The van der Waals surface area contributed by atoms with Crippen LogP contribution in [0.25, 0.3) is 0 Å². The summed E-state index contributed by atoms with van der Waals surface area (Å²) in [5.41, 5.74) is 0.815. The predicted octanol–water partition coefficient (Wildman–Crippen LogP) is 4.07. The summed E-state index contributed by atoms with van der Waals surface area (Å²) in [6, 6.07) is 5.14. The maximum absolute atomic E-state index is 11.7. The van der Waals surface area contributed by atoms with Gasteiger partial charge in [-0.15, -0.1) is 0 Å². The van der Waals surface area contributed by atoms with E-state index in [-0.39, 0.29) is 5.75 Å². The second kappa shape index (κ2) is 6.28. The van der Waals surface area contributed by atoms with Crippen molar-refractivity contribution in [2.45, 2.75) is 44.5 Å². The lowest BCUT2D eigenvalue weighted by atomic mass is 10.1. The second-order valence-electron chi connectivity index (χ2n) is 5.46. The molecule has 0 fully saturated rings. The summed E-state index contributed by atoms with van der Waals surface area (Å²) in [5, 5.41) is 12.3. The summed E-state index contributed by atoms with van der Waals surface area (Å²) in [4.78, 5) is 12.0. The van der Waals surface area contributed by atoms with Crippen LogP contribution in [0.4, 0.5) is 10.5 Å². The number of rotatable bonds is 3. The van der Waals surface area contributed by atoms with Gasteiger partial charge in [-0.25, -0.2) is 4.79 Å². The number of carbonyl (C=O) groups excluding carboxylic acids is 1. The third-order valence-corrected chi connectivity index (χ3v) is 2.54. The molecule has 4 nitrogen and oxygen atoms in total. The molecule has 0 aromatic heterocycles. The monoisotopic (exact) mass is 329 g/mol. The SMILES string of the molecule is CC(Br)Cc1ccc(O)c(NC(=O)OC(C)(C)C)c1. The van der Waals surface area contributed by atoms with Crippen molar-refractivity contribution in [3.8, 4) is 5.75 Å². The van der Waals surface area contributed by atoms with Crippen molar-refractivity contribution in [2.75, 3.05) is 5.32 Å². The highest BCUT2D eigenvalue weighted by Gasteiger charge is 2.17. The van der Waals surface area contributed by atoms with Crippen LogP contribution in [0.1, 0.15) is 33.3 Å². The minimum Gasteiger partial charge on any atom is -0.506 e. The van der Waals surface area contributed by atoms with Gasteiger partial charge in [0.15, 0.2) is 0 Å². The highest BCUT2D eigenvalue weighted by Crippen LogP contribution is 2.26. The normalized spacial score (nSPS) is 12.9. The summed E-state index contributed by atoms with van der Waals surface area (Å²) in [6.45, 7) is 7.40. The van der Waals surface area contributed by atoms with Crippen LogP contribution in [-0.4, -0.2) is 21.6 Å². The summed E-state index contributed by atoms with van der Waals surface area (Å²) < 4.78 is 5.15. The molecule has 0 bridgehead atoms. The molecule has 0 aliphatic carbocycles. The zero-order valence-corrected chi connectivity index (χ0v) is 13.2. The van der Waals surface area contributed by atoms with E-state index in [1.807, 2.05) is 13.0 Å². The first-order chi connectivity index (χ1) is 8.67. The Balaban J connectivity index is 2.79. The number of carbonyl (C=O) groups is 1. The van der Waals surface area contributed by atoms with Gasteiger partial charge in [0.1, 0.15) is 11.4 Å². The molecule has 1 aromatic carbocycles. The minimum atomic E-state index is -0.577. The van der Waals surface area contributed by atoms with Crippen LogP contribution in [0.15, 0.2) is 18.2 Å². The van der Waals surface area contributed by atoms with Crippen molar-refractivity contribution in [2.24, 2.45) is 0 Å². The number of phenols is 1. The fourth-order valence-electron chi connectivity index (χ4n) is 1.55. The summed E-state index contributed by atoms with van der Waals surface area (Å²) in [7, 11) is 0. The molecular formula is C14H20BrNO3. The van der Waals surface area contributed by atoms with Gasteiger partial charge in [-0.3, -0.25) is 5.32 Å². The van der Waals surface area contributed by atoms with Crippen LogP contribution < -0.4 is 5.32 Å². The van der Waals surface area contributed by atoms with E-state index in [9.17, 15) is 9.90 Å². The average molecular weight is 330 g/mol. The standard InChI is InChI=1S/C14H20BrNO3/c1-9(15)7-10-5-6-12(17)11(8-10)16-13(18)19-14(2,3)4/h5-6,8-9,17H,7H2,1-4H3,(H,16,18). The number of phenolic OH excluding ortho intramolecular Hbond substituents is 1. The smallest absolute Gasteiger partial charge is 0.412 e. The van der Waals surface area contributed by atoms with Gasteiger partial charge in [-0.1, -0.05) is 28.9 Å². The van der Waals surface area contributed by atoms with Crippen molar-refractivity contribution in [3.05, 3.63) is 23.8 Å². The van der Waals surface area contributed by atoms with E-state index < -0.39 is 11.7 Å². The number of hydrogen-bond acceptors (Lipinski definition) is 3. The lowest BCUT2D eigenvalue weighted by Gasteiger charge is -2.20. The Morgan fingerprint density at radius 1 is 1.47 bits per heavy atom. The minimum absolute atomic E-state index is 0.0248. The first-order valence-electron chi connectivity index (χ1n) is 6.13. The van der Waals surface area contributed by atoms with Crippen LogP contribution in [0.2, 0.25) is 0 Å². The number of aromatic hydroxyl groups is 1. The van der Waals surface area contributed by atoms with E-state index in [0.29, 0.717) is 10.5 Å². The third kappa shape index (κ3) is 5.96. The zero-order chi connectivity index (χ0) is 14.6. The van der Waals surface area contributed by atoms with Crippen LogP contribution >= 0.6 is 15.9 Å². The molecule has 0 aliphatic rings. The van der Waals surface area contributed by atoms with Gasteiger partial charge in [0.2, 0.25) is 0 Å². The molecule has 0 spiro atoms. The van der Waals surface area contributed by atoms with Gasteiger partial charge in [0.05, 0.1) is 5.69 Å². The molecular weight excluding hydrogens is 310 g/mol. The van der Waals surface area contributed by atoms with Gasteiger partial charge in [-0.2, -0.15) is 0 Å². The Morgan fingerprint density at radius 2 is 2.11 bits per heavy atom. The molecule has 1 rings (SSSR count). The molecule has 2 N–H and O–H groups in total. The molecule has 0 radical (unpaired) electrons. The molecule has 19 heavy (non-hydrogen) atoms. The highest BCUT2D eigenvalue weighted by molar-refractivity contribution is 9.09. The molecule has 1 atom stereocenters. The Kier molecular flexibility index (Phi) is 5.23. The summed E-state index contributed by atoms with van der Waals surface area (Å²) >= 11 is 3.47. The van der Waals surface area contributed by atoms with E-state index >= 15 is 0 Å². The maximum Gasteiger partial charge on any atom is 0.412 e. The molecule has 0 saturated carbocycles. The molecule has 5 heteroatoms. The Labute approximate surface area is 122 Å². The number of anilines is 1. The van der Waals surface area contributed by atoms with Gasteiger partial charge < -0.3 is 9.84 Å². The lowest BCUT2D eigenvalue weighted by molar-refractivity contribution is 0.0635. The average Bonchev–Trinajstić information content (AvgIpc) is 2.19. The number of benzene rings is 1. The van der Waals surface area contributed by atoms with E-state index in [1.165, 1.54) is 0 Å². The van der Waals surface area contributed by atoms with E-state index in [4.69, 9.17) is 4.74 Å². The topological polar surface area (TPSA) is 58.6 Å². The molecule has 106 valence electrons. The van der Waals surface area contributed by atoms with Crippen molar-refractivity contribution in [1.82, 2.24) is 0 Å². The molecule has 0 heterocycles. The number of nitrogens with one attached hydrogen (secondary N) is 1. The Morgan fingerprint density at radius 3 is 2.63 bits per heavy atom. The number of alkyl halides is 1. The zero-order valence-electron chi connectivity index (χ0n) is 11.7. The van der Waals surface area contributed by atoms with Crippen LogP contribution in [0, 0.1) is 0 Å². The second-order valence-corrected chi connectivity index (χ2v) is 7.03. The molecule has 1 aromatic rings. The summed E-state index contributed by atoms with van der Waals surface area (Å²) in [6.07, 6.45) is 0.232. The van der Waals surface area contributed by atoms with Crippen LogP contribution in [0.3, 0.4) is 0 Å². The van der Waals surface area contributed by atoms with E-state index in [1.54, 1.807) is 32.9 Å². The Hall–Kier alpha value is -1.23. The van der Waals surface area contributed by atoms with E-state index in [2.05, 4.69) is 21.2 Å². The Bertz CT molecular complexity index is 452. The summed E-state index contributed by atoms with van der Waals surface area (Å²) in [5.74, 6) is 0.0248. The van der Waals surface area contributed by atoms with Gasteiger partial charge in [0, 0.05) is 4.83 Å². The van der Waals surface area contributed by atoms with Crippen LogP contribution in [0.5, 0.6) is 5.75 Å². The van der Waals surface area contributed by atoms with E-state index in [0.717, 1.165) is 12.0 Å². The first kappa shape index (κ1) is 15.8. The number of amides is 1. The third-order valence-electron chi connectivity index (χ3n) is 2.21. The number of ether oxygens (including phenoxy) is 1. The largest absolute Gasteiger partial charge is 0.506 e. The van der Waals surface area contributed by atoms with Crippen LogP contribution in [-0.2, 0) is 11.2 Å². The fraction of sp³-hybridized carbons (Fsp3) is 0.500. The van der Waals surface area contributed by atoms with Gasteiger partial charge in [0.25, 0.3) is 0 Å².